The molecule has 1 aliphatic rings. The zero-order valence-corrected chi connectivity index (χ0v) is 14.9. The molecular formula is C17H23BrN2O2. The Bertz CT molecular complexity index is 541. The van der Waals surface area contributed by atoms with Crippen molar-refractivity contribution >= 4 is 27.9 Å². The smallest absolute Gasteiger partial charge is 0.230 e. The molecule has 0 aromatic heterocycles. The van der Waals surface area contributed by atoms with Crippen LogP contribution in [0.3, 0.4) is 0 Å². The first-order valence-electron chi connectivity index (χ1n) is 7.48. The van der Waals surface area contributed by atoms with Crippen molar-refractivity contribution in [3.63, 3.8) is 0 Å². The van der Waals surface area contributed by atoms with Gasteiger partial charge in [0, 0.05) is 23.0 Å². The number of hydrogen-bond donors (Lipinski definition) is 1. The summed E-state index contributed by atoms with van der Waals surface area (Å²) in [5.74, 6) is 0.855. The van der Waals surface area contributed by atoms with E-state index in [1.807, 2.05) is 51.1 Å². The summed E-state index contributed by atoms with van der Waals surface area (Å²) < 4.78 is 6.44. The molecule has 0 radical (unpaired) electrons. The van der Waals surface area contributed by atoms with Gasteiger partial charge < -0.3 is 15.0 Å². The van der Waals surface area contributed by atoms with Crippen LogP contribution in [-0.2, 0) is 9.53 Å². The number of benzene rings is 1. The summed E-state index contributed by atoms with van der Waals surface area (Å²) in [6, 6.07) is 8.03. The van der Waals surface area contributed by atoms with Gasteiger partial charge in [0.2, 0.25) is 5.91 Å². The second kappa shape index (κ2) is 7.29. The fourth-order valence-electron chi connectivity index (χ4n) is 2.03. The van der Waals surface area contributed by atoms with Crippen LogP contribution in [0.25, 0.3) is 6.08 Å². The Morgan fingerprint density at radius 1 is 1.23 bits per heavy atom. The third-order valence-electron chi connectivity index (χ3n) is 3.45. The highest BCUT2D eigenvalue weighted by Gasteiger charge is 2.24. The lowest BCUT2D eigenvalue weighted by Crippen LogP contribution is -2.44. The fourth-order valence-corrected chi connectivity index (χ4v) is 2.30. The third kappa shape index (κ3) is 4.85. The lowest BCUT2D eigenvalue weighted by Gasteiger charge is -2.32. The molecule has 1 amide bonds. The summed E-state index contributed by atoms with van der Waals surface area (Å²) in [6.07, 6.45) is 2.02. The van der Waals surface area contributed by atoms with Crippen LogP contribution < -0.4 is 5.32 Å². The lowest BCUT2D eigenvalue weighted by molar-refractivity contribution is -0.128. The average Bonchev–Trinajstić information content (AvgIpc) is 2.48. The molecule has 1 aliphatic heterocycles. The fraction of sp³-hybridized carbons (Fsp3) is 0.471. The zero-order chi connectivity index (χ0) is 16.2. The summed E-state index contributed by atoms with van der Waals surface area (Å²) in [5, 5.41) is 3.07. The Labute approximate surface area is 140 Å². The largest absolute Gasteiger partial charge is 0.378 e. The molecule has 22 heavy (non-hydrogen) atoms. The molecule has 0 unspecified atom stereocenters. The first-order valence-corrected chi connectivity index (χ1v) is 8.27. The van der Waals surface area contributed by atoms with Crippen LogP contribution in [0.5, 0.6) is 0 Å². The highest BCUT2D eigenvalue weighted by molar-refractivity contribution is 9.10. The number of carbonyl (C=O) groups is 1. The molecule has 0 bridgehead atoms. The molecule has 120 valence electrons. The molecule has 0 spiro atoms. The number of amides is 1. The summed E-state index contributed by atoms with van der Waals surface area (Å²) in [7, 11) is 0. The van der Waals surface area contributed by atoms with Crippen molar-refractivity contribution in [3.8, 4) is 0 Å². The van der Waals surface area contributed by atoms with E-state index in [1.165, 1.54) is 0 Å². The first kappa shape index (κ1) is 17.0. The van der Waals surface area contributed by atoms with Gasteiger partial charge in [0.1, 0.15) is 5.82 Å². The van der Waals surface area contributed by atoms with E-state index in [4.69, 9.17) is 4.74 Å². The third-order valence-corrected chi connectivity index (χ3v) is 3.98. The van der Waals surface area contributed by atoms with Gasteiger partial charge in [-0.2, -0.15) is 0 Å². The summed E-state index contributed by atoms with van der Waals surface area (Å²) in [6.45, 7) is 8.68. The normalized spacial score (nSPS) is 16.5. The first-order chi connectivity index (χ1) is 10.4. The zero-order valence-electron chi connectivity index (χ0n) is 13.4. The maximum atomic E-state index is 12.3. The molecule has 1 aromatic carbocycles. The Hall–Kier alpha value is -1.33. The van der Waals surface area contributed by atoms with Crippen molar-refractivity contribution in [1.82, 2.24) is 10.2 Å². The Morgan fingerprint density at radius 3 is 2.36 bits per heavy atom. The van der Waals surface area contributed by atoms with Crippen LogP contribution in [0, 0.1) is 5.41 Å². The van der Waals surface area contributed by atoms with Gasteiger partial charge in [0.25, 0.3) is 0 Å². The van der Waals surface area contributed by atoms with E-state index in [0.29, 0.717) is 13.2 Å². The van der Waals surface area contributed by atoms with E-state index in [0.717, 1.165) is 28.9 Å². The highest BCUT2D eigenvalue weighted by Crippen LogP contribution is 2.18. The van der Waals surface area contributed by atoms with Gasteiger partial charge in [-0.3, -0.25) is 4.79 Å². The SMILES string of the molecule is CC(C)(C)C(=O)N/C(=C/c1ccc(Br)cc1)N1CCOCC1. The summed E-state index contributed by atoms with van der Waals surface area (Å²) >= 11 is 3.44. The molecule has 0 atom stereocenters. The number of nitrogens with one attached hydrogen (secondary N) is 1. The van der Waals surface area contributed by atoms with Crippen LogP contribution in [0.2, 0.25) is 0 Å². The summed E-state index contributed by atoms with van der Waals surface area (Å²) in [5.41, 5.74) is 0.629. The molecule has 2 rings (SSSR count). The van der Waals surface area contributed by atoms with Gasteiger partial charge in [0.15, 0.2) is 0 Å². The molecule has 0 aliphatic carbocycles. The number of halogens is 1. The molecule has 1 saturated heterocycles. The Morgan fingerprint density at radius 2 is 1.82 bits per heavy atom. The van der Waals surface area contributed by atoms with E-state index < -0.39 is 5.41 Å². The van der Waals surface area contributed by atoms with Crippen LogP contribution in [0.4, 0.5) is 0 Å². The van der Waals surface area contributed by atoms with Crippen molar-refractivity contribution in [1.29, 1.82) is 0 Å². The predicted octanol–water partition coefficient (Wildman–Crippen LogP) is 3.24. The number of hydrogen-bond acceptors (Lipinski definition) is 3. The molecular weight excluding hydrogens is 344 g/mol. The van der Waals surface area contributed by atoms with Crippen LogP contribution in [-0.4, -0.2) is 37.1 Å². The second-order valence-corrected chi connectivity index (χ2v) is 7.30. The molecule has 5 heteroatoms. The minimum Gasteiger partial charge on any atom is -0.378 e. The monoisotopic (exact) mass is 366 g/mol. The van der Waals surface area contributed by atoms with Crippen molar-refractivity contribution < 1.29 is 9.53 Å². The number of ether oxygens (including phenoxy) is 1. The van der Waals surface area contributed by atoms with Gasteiger partial charge in [0.05, 0.1) is 13.2 Å². The Kier molecular flexibility index (Phi) is 5.64. The maximum absolute atomic E-state index is 12.3. The lowest BCUT2D eigenvalue weighted by atomic mass is 9.96. The standard InChI is InChI=1S/C17H23BrN2O2/c1-17(2,3)16(21)19-15(20-8-10-22-11-9-20)12-13-4-6-14(18)7-5-13/h4-7,12H,8-11H2,1-3H3,(H,19,21)/b15-12-. The van der Waals surface area contributed by atoms with E-state index in [-0.39, 0.29) is 5.91 Å². The number of nitrogens with zero attached hydrogens (tertiary/aromatic N) is 1. The van der Waals surface area contributed by atoms with Crippen molar-refractivity contribution in [3.05, 3.63) is 40.1 Å². The van der Waals surface area contributed by atoms with Crippen molar-refractivity contribution in [2.45, 2.75) is 20.8 Å². The van der Waals surface area contributed by atoms with E-state index >= 15 is 0 Å². The number of rotatable bonds is 3. The van der Waals surface area contributed by atoms with Gasteiger partial charge in [-0.1, -0.05) is 48.8 Å². The molecule has 1 N–H and O–H groups in total. The van der Waals surface area contributed by atoms with Crippen LogP contribution in [0.1, 0.15) is 26.3 Å². The van der Waals surface area contributed by atoms with Gasteiger partial charge in [-0.05, 0) is 23.8 Å². The van der Waals surface area contributed by atoms with Gasteiger partial charge >= 0.3 is 0 Å². The van der Waals surface area contributed by atoms with Gasteiger partial charge in [-0.15, -0.1) is 0 Å². The van der Waals surface area contributed by atoms with Crippen LogP contribution in [0.15, 0.2) is 34.6 Å². The van der Waals surface area contributed by atoms with Crippen LogP contribution >= 0.6 is 15.9 Å². The molecule has 4 nitrogen and oxygen atoms in total. The second-order valence-electron chi connectivity index (χ2n) is 6.38. The summed E-state index contributed by atoms with van der Waals surface area (Å²) in [4.78, 5) is 14.5. The average molecular weight is 367 g/mol. The molecule has 1 heterocycles. The van der Waals surface area contributed by atoms with E-state index in [9.17, 15) is 4.79 Å². The molecule has 1 fully saturated rings. The Balaban J connectivity index is 2.24. The molecule has 1 aromatic rings. The minimum atomic E-state index is -0.426. The van der Waals surface area contributed by atoms with Crippen molar-refractivity contribution in [2.75, 3.05) is 26.3 Å². The predicted molar refractivity (Wildman–Crippen MR) is 92.1 cm³/mol. The highest BCUT2D eigenvalue weighted by atomic mass is 79.9. The van der Waals surface area contributed by atoms with E-state index in [1.54, 1.807) is 0 Å². The quantitative estimate of drug-likeness (QED) is 0.892. The number of morpholine rings is 1. The maximum Gasteiger partial charge on any atom is 0.230 e. The topological polar surface area (TPSA) is 41.6 Å². The molecule has 0 saturated carbocycles. The minimum absolute atomic E-state index is 0.0161. The van der Waals surface area contributed by atoms with E-state index in [2.05, 4.69) is 26.1 Å². The van der Waals surface area contributed by atoms with Crippen molar-refractivity contribution in [2.24, 2.45) is 5.41 Å². The number of carbonyl (C=O) groups excluding carboxylic acids is 1. The van der Waals surface area contributed by atoms with Gasteiger partial charge in [-0.25, -0.2) is 0 Å².